The van der Waals surface area contributed by atoms with Gasteiger partial charge in [-0.3, -0.25) is 4.79 Å². The zero-order valence-electron chi connectivity index (χ0n) is 13.1. The van der Waals surface area contributed by atoms with Crippen LogP contribution in [-0.2, 0) is 10.0 Å². The van der Waals surface area contributed by atoms with Gasteiger partial charge in [-0.15, -0.1) is 0 Å². The third-order valence-electron chi connectivity index (χ3n) is 3.30. The lowest BCUT2D eigenvalue weighted by Crippen LogP contribution is -2.18. The number of carbonyl (C=O) groups excluding carboxylic acids is 1. The number of sulfonamides is 1. The number of anilines is 2. The van der Waals surface area contributed by atoms with Crippen molar-refractivity contribution >= 4 is 27.3 Å². The van der Waals surface area contributed by atoms with E-state index in [0.717, 1.165) is 0 Å². The highest BCUT2D eigenvalue weighted by molar-refractivity contribution is 7.89. The van der Waals surface area contributed by atoms with Gasteiger partial charge in [0.1, 0.15) is 0 Å². The first-order valence-electron chi connectivity index (χ1n) is 6.88. The quantitative estimate of drug-likeness (QED) is 0.872. The molecule has 0 heterocycles. The largest absolute Gasteiger partial charge is 0.376 e. The summed E-state index contributed by atoms with van der Waals surface area (Å²) in [5.41, 5.74) is 1.74. The van der Waals surface area contributed by atoms with Gasteiger partial charge in [0.15, 0.2) is 0 Å². The molecule has 8 heteroatoms. The number of rotatable bonds is 4. The van der Waals surface area contributed by atoms with Crippen LogP contribution in [0.5, 0.6) is 0 Å². The van der Waals surface area contributed by atoms with Crippen LogP contribution < -0.4 is 15.4 Å². The Kier molecular flexibility index (Phi) is 4.87. The summed E-state index contributed by atoms with van der Waals surface area (Å²) in [6.07, 6.45) is 0. The first-order chi connectivity index (χ1) is 11.2. The molecule has 124 valence electrons. The number of amides is 1. The van der Waals surface area contributed by atoms with Crippen molar-refractivity contribution < 1.29 is 13.2 Å². The number of nitriles is 1. The Balaban J connectivity index is 2.39. The molecule has 7 nitrogen and oxygen atoms in total. The number of primary sulfonamides is 1. The van der Waals surface area contributed by atoms with Crippen LogP contribution in [0.15, 0.2) is 47.4 Å². The van der Waals surface area contributed by atoms with Gasteiger partial charge < -0.3 is 10.2 Å². The van der Waals surface area contributed by atoms with E-state index in [1.807, 2.05) is 6.07 Å². The Bertz CT molecular complexity index is 913. The molecule has 0 aromatic heterocycles. The normalized spacial score (nSPS) is 10.8. The molecule has 0 spiro atoms. The summed E-state index contributed by atoms with van der Waals surface area (Å²) in [4.78, 5) is 14.0. The fraction of sp³-hybridized carbons (Fsp3) is 0.125. The number of benzene rings is 2. The summed E-state index contributed by atoms with van der Waals surface area (Å²) in [5, 5.41) is 16.6. The molecule has 0 aliphatic heterocycles. The molecular formula is C16H16N4O3S. The summed E-state index contributed by atoms with van der Waals surface area (Å²) in [6.45, 7) is 0. The van der Waals surface area contributed by atoms with E-state index in [1.54, 1.807) is 25.1 Å². The number of nitrogens with two attached hydrogens (primary N) is 1. The molecule has 2 rings (SSSR count). The van der Waals surface area contributed by atoms with Crippen molar-refractivity contribution in [3.63, 3.8) is 0 Å². The maximum absolute atomic E-state index is 12.4. The van der Waals surface area contributed by atoms with Crippen molar-refractivity contribution in [2.45, 2.75) is 4.90 Å². The molecule has 0 bridgehead atoms. The van der Waals surface area contributed by atoms with Gasteiger partial charge in [-0.05, 0) is 42.5 Å². The van der Waals surface area contributed by atoms with E-state index >= 15 is 0 Å². The van der Waals surface area contributed by atoms with Gasteiger partial charge in [0.2, 0.25) is 10.0 Å². The monoisotopic (exact) mass is 344 g/mol. The summed E-state index contributed by atoms with van der Waals surface area (Å²) in [6, 6.07) is 12.3. The zero-order chi connectivity index (χ0) is 17.9. The van der Waals surface area contributed by atoms with Crippen LogP contribution in [0, 0.1) is 11.3 Å². The third kappa shape index (κ3) is 3.90. The van der Waals surface area contributed by atoms with E-state index in [9.17, 15) is 13.2 Å². The van der Waals surface area contributed by atoms with Crippen molar-refractivity contribution in [3.05, 3.63) is 53.6 Å². The maximum Gasteiger partial charge on any atom is 0.255 e. The van der Waals surface area contributed by atoms with Crippen LogP contribution >= 0.6 is 0 Å². The van der Waals surface area contributed by atoms with Crippen LogP contribution in [0.4, 0.5) is 11.4 Å². The molecule has 0 saturated heterocycles. The minimum Gasteiger partial charge on any atom is -0.376 e. The molecular weight excluding hydrogens is 328 g/mol. The minimum absolute atomic E-state index is 0.0942. The molecule has 1 amide bonds. The number of hydrogen-bond donors (Lipinski definition) is 2. The average Bonchev–Trinajstić information content (AvgIpc) is 2.53. The Labute approximate surface area is 140 Å². The highest BCUT2D eigenvalue weighted by atomic mass is 32.2. The second-order valence-electron chi connectivity index (χ2n) is 5.26. The van der Waals surface area contributed by atoms with Gasteiger partial charge in [-0.25, -0.2) is 13.6 Å². The molecule has 0 unspecified atom stereocenters. The van der Waals surface area contributed by atoms with Gasteiger partial charge in [0, 0.05) is 19.7 Å². The van der Waals surface area contributed by atoms with Crippen LogP contribution in [-0.4, -0.2) is 28.4 Å². The Hall–Kier alpha value is -2.89. The highest BCUT2D eigenvalue weighted by Crippen LogP contribution is 2.27. The first-order valence-corrected chi connectivity index (χ1v) is 8.42. The van der Waals surface area contributed by atoms with Gasteiger partial charge in [-0.1, -0.05) is 0 Å². The van der Waals surface area contributed by atoms with E-state index in [0.29, 0.717) is 22.5 Å². The number of hydrogen-bond acceptors (Lipinski definition) is 5. The average molecular weight is 344 g/mol. The molecule has 2 aromatic carbocycles. The van der Waals surface area contributed by atoms with Crippen LogP contribution in [0.25, 0.3) is 0 Å². The van der Waals surface area contributed by atoms with Crippen molar-refractivity contribution in [2.75, 3.05) is 24.3 Å². The standard InChI is InChI=1S/C16H16N4O3S/c1-20(2)15-8-7-13(24(18,22)23)9-14(15)19-16(21)12-5-3-11(10-17)4-6-12/h3-9H,1-2H3,(H,19,21)(H2,18,22,23). The number of carbonyl (C=O) groups is 1. The molecule has 2 aromatic rings. The predicted molar refractivity (Wildman–Crippen MR) is 91.3 cm³/mol. The lowest BCUT2D eigenvalue weighted by atomic mass is 10.1. The van der Waals surface area contributed by atoms with Gasteiger partial charge in [0.05, 0.1) is 27.9 Å². The van der Waals surface area contributed by atoms with Gasteiger partial charge in [-0.2, -0.15) is 5.26 Å². The highest BCUT2D eigenvalue weighted by Gasteiger charge is 2.15. The first kappa shape index (κ1) is 17.5. The van der Waals surface area contributed by atoms with Crippen molar-refractivity contribution in [2.24, 2.45) is 5.14 Å². The lowest BCUT2D eigenvalue weighted by Gasteiger charge is -2.18. The summed E-state index contributed by atoms with van der Waals surface area (Å²) < 4.78 is 23.0. The van der Waals surface area contributed by atoms with Crippen molar-refractivity contribution in [1.29, 1.82) is 5.26 Å². The lowest BCUT2D eigenvalue weighted by molar-refractivity contribution is 0.102. The fourth-order valence-electron chi connectivity index (χ4n) is 2.07. The molecule has 0 atom stereocenters. The molecule has 0 saturated carbocycles. The molecule has 0 radical (unpaired) electrons. The van der Waals surface area contributed by atoms with Crippen molar-refractivity contribution in [1.82, 2.24) is 0 Å². The topological polar surface area (TPSA) is 116 Å². The number of nitrogens with one attached hydrogen (secondary N) is 1. The van der Waals surface area contributed by atoms with Crippen LogP contribution in [0.3, 0.4) is 0 Å². The second-order valence-corrected chi connectivity index (χ2v) is 6.82. The van der Waals surface area contributed by atoms with E-state index in [1.165, 1.54) is 36.4 Å². The fourth-order valence-corrected chi connectivity index (χ4v) is 2.61. The van der Waals surface area contributed by atoms with E-state index in [-0.39, 0.29) is 4.90 Å². The molecule has 0 aliphatic carbocycles. The Morgan fingerprint density at radius 1 is 1.17 bits per heavy atom. The molecule has 0 fully saturated rings. The molecule has 24 heavy (non-hydrogen) atoms. The van der Waals surface area contributed by atoms with E-state index in [2.05, 4.69) is 5.32 Å². The SMILES string of the molecule is CN(C)c1ccc(S(N)(=O)=O)cc1NC(=O)c1ccc(C#N)cc1. The second kappa shape index (κ2) is 6.70. The molecule has 0 aliphatic rings. The smallest absolute Gasteiger partial charge is 0.255 e. The number of nitrogens with zero attached hydrogens (tertiary/aromatic N) is 2. The molecule has 3 N–H and O–H groups in total. The minimum atomic E-state index is -3.88. The maximum atomic E-state index is 12.4. The summed E-state index contributed by atoms with van der Waals surface area (Å²) >= 11 is 0. The van der Waals surface area contributed by atoms with Gasteiger partial charge >= 0.3 is 0 Å². The van der Waals surface area contributed by atoms with Crippen LogP contribution in [0.1, 0.15) is 15.9 Å². The summed E-state index contributed by atoms with van der Waals surface area (Å²) in [5.74, 6) is -0.422. The van der Waals surface area contributed by atoms with E-state index < -0.39 is 15.9 Å². The van der Waals surface area contributed by atoms with Gasteiger partial charge in [0.25, 0.3) is 5.91 Å². The predicted octanol–water partition coefficient (Wildman–Crippen LogP) is 1.52. The Morgan fingerprint density at radius 2 is 1.79 bits per heavy atom. The Morgan fingerprint density at radius 3 is 2.29 bits per heavy atom. The summed E-state index contributed by atoms with van der Waals surface area (Å²) in [7, 11) is -0.349. The zero-order valence-corrected chi connectivity index (χ0v) is 14.0. The van der Waals surface area contributed by atoms with Crippen LogP contribution in [0.2, 0.25) is 0 Å². The van der Waals surface area contributed by atoms with E-state index in [4.69, 9.17) is 10.4 Å². The third-order valence-corrected chi connectivity index (χ3v) is 4.21. The van der Waals surface area contributed by atoms with Crippen molar-refractivity contribution in [3.8, 4) is 6.07 Å².